The zero-order valence-corrected chi connectivity index (χ0v) is 8.69. The molecular formula is C10H12N4O. The second kappa shape index (κ2) is 3.43. The van der Waals surface area contributed by atoms with Crippen LogP contribution >= 0.6 is 0 Å². The normalized spacial score (nSPS) is 10.9. The van der Waals surface area contributed by atoms with Gasteiger partial charge in [-0.2, -0.15) is 0 Å². The van der Waals surface area contributed by atoms with E-state index in [2.05, 4.69) is 9.97 Å². The average molecular weight is 204 g/mol. The van der Waals surface area contributed by atoms with Crippen LogP contribution in [0.4, 0.5) is 0 Å². The molecule has 0 fully saturated rings. The smallest absolute Gasteiger partial charge is 0.196 e. The molecule has 0 aliphatic heterocycles. The lowest BCUT2D eigenvalue weighted by atomic mass is 10.3. The molecule has 2 heterocycles. The summed E-state index contributed by atoms with van der Waals surface area (Å²) < 4.78 is 1.79. The van der Waals surface area contributed by atoms with E-state index in [1.807, 2.05) is 19.9 Å². The van der Waals surface area contributed by atoms with Gasteiger partial charge >= 0.3 is 0 Å². The van der Waals surface area contributed by atoms with Crippen LogP contribution in [0.3, 0.4) is 0 Å². The molecule has 0 aliphatic rings. The Labute approximate surface area is 87.0 Å². The highest BCUT2D eigenvalue weighted by Gasteiger charge is 2.10. The van der Waals surface area contributed by atoms with E-state index < -0.39 is 0 Å². The summed E-state index contributed by atoms with van der Waals surface area (Å²) in [5.41, 5.74) is 7.30. The standard InChI is InChI=1S/C10H12N4O/c1-6-3-10-13-8(9(15)4-11)5-14(10)7(2)12-6/h3,5H,4,11H2,1-2H3. The Hall–Kier alpha value is -1.75. The van der Waals surface area contributed by atoms with E-state index >= 15 is 0 Å². The van der Waals surface area contributed by atoms with Crippen LogP contribution in [-0.2, 0) is 0 Å². The minimum absolute atomic E-state index is 0.0185. The fourth-order valence-electron chi connectivity index (χ4n) is 1.52. The lowest BCUT2D eigenvalue weighted by Crippen LogP contribution is -2.13. The Morgan fingerprint density at radius 2 is 2.20 bits per heavy atom. The van der Waals surface area contributed by atoms with Crippen molar-refractivity contribution in [2.75, 3.05) is 6.54 Å². The van der Waals surface area contributed by atoms with Crippen LogP contribution in [0.5, 0.6) is 0 Å². The molecule has 15 heavy (non-hydrogen) atoms. The largest absolute Gasteiger partial charge is 0.324 e. The maximum absolute atomic E-state index is 11.4. The molecule has 2 N–H and O–H groups in total. The molecule has 0 saturated heterocycles. The first kappa shape index (κ1) is 9.79. The minimum atomic E-state index is -0.157. The number of fused-ring (bicyclic) bond motifs is 1. The van der Waals surface area contributed by atoms with Crippen LogP contribution < -0.4 is 5.73 Å². The van der Waals surface area contributed by atoms with Crippen molar-refractivity contribution < 1.29 is 4.79 Å². The highest BCUT2D eigenvalue weighted by molar-refractivity contribution is 5.96. The zero-order chi connectivity index (χ0) is 11.0. The molecule has 5 nitrogen and oxygen atoms in total. The number of aromatic nitrogens is 3. The summed E-state index contributed by atoms with van der Waals surface area (Å²) in [6, 6.07) is 1.83. The maximum Gasteiger partial charge on any atom is 0.196 e. The van der Waals surface area contributed by atoms with Crippen molar-refractivity contribution in [2.24, 2.45) is 5.73 Å². The Morgan fingerprint density at radius 3 is 2.87 bits per heavy atom. The molecule has 0 atom stereocenters. The van der Waals surface area contributed by atoms with Gasteiger partial charge in [0.25, 0.3) is 0 Å². The van der Waals surface area contributed by atoms with E-state index in [9.17, 15) is 4.79 Å². The molecule has 0 spiro atoms. The van der Waals surface area contributed by atoms with Crippen LogP contribution in [-0.4, -0.2) is 26.7 Å². The Bertz CT molecular complexity index is 529. The second-order valence-electron chi connectivity index (χ2n) is 3.43. The molecule has 2 aromatic rings. The number of hydrogen-bond donors (Lipinski definition) is 1. The number of imidazole rings is 1. The highest BCUT2D eigenvalue weighted by Crippen LogP contribution is 2.08. The van der Waals surface area contributed by atoms with Crippen molar-refractivity contribution in [3.63, 3.8) is 0 Å². The van der Waals surface area contributed by atoms with E-state index in [1.54, 1.807) is 10.6 Å². The van der Waals surface area contributed by atoms with E-state index in [-0.39, 0.29) is 12.3 Å². The van der Waals surface area contributed by atoms with E-state index in [1.165, 1.54) is 0 Å². The van der Waals surface area contributed by atoms with Gasteiger partial charge in [-0.3, -0.25) is 9.20 Å². The van der Waals surface area contributed by atoms with Gasteiger partial charge < -0.3 is 5.73 Å². The van der Waals surface area contributed by atoms with Gasteiger partial charge in [-0.15, -0.1) is 0 Å². The third-order valence-electron chi connectivity index (χ3n) is 2.23. The van der Waals surface area contributed by atoms with Crippen molar-refractivity contribution in [1.29, 1.82) is 0 Å². The lowest BCUT2D eigenvalue weighted by Gasteiger charge is -1.98. The van der Waals surface area contributed by atoms with Gasteiger partial charge in [0, 0.05) is 18.0 Å². The van der Waals surface area contributed by atoms with Crippen molar-refractivity contribution in [3.05, 3.63) is 29.5 Å². The van der Waals surface area contributed by atoms with Crippen LogP contribution in [0.25, 0.3) is 5.65 Å². The molecule has 0 unspecified atom stereocenters. The first-order chi connectivity index (χ1) is 7.11. The number of aryl methyl sites for hydroxylation is 2. The number of carbonyl (C=O) groups excluding carboxylic acids is 1. The molecular weight excluding hydrogens is 192 g/mol. The summed E-state index contributed by atoms with van der Waals surface area (Å²) in [5.74, 6) is 0.657. The summed E-state index contributed by atoms with van der Waals surface area (Å²) in [6.07, 6.45) is 1.67. The second-order valence-corrected chi connectivity index (χ2v) is 3.43. The number of Topliss-reactive ketones (excluding diaryl/α,β-unsaturated/α-hetero) is 1. The fourth-order valence-corrected chi connectivity index (χ4v) is 1.52. The van der Waals surface area contributed by atoms with E-state index in [0.29, 0.717) is 5.69 Å². The van der Waals surface area contributed by atoms with Crippen LogP contribution in [0.15, 0.2) is 12.3 Å². The first-order valence-electron chi connectivity index (χ1n) is 4.68. The molecule has 5 heteroatoms. The zero-order valence-electron chi connectivity index (χ0n) is 8.69. The quantitative estimate of drug-likeness (QED) is 0.722. The third kappa shape index (κ3) is 1.61. The summed E-state index contributed by atoms with van der Waals surface area (Å²) in [4.78, 5) is 19.8. The van der Waals surface area contributed by atoms with Crippen LogP contribution in [0.2, 0.25) is 0 Å². The molecule has 2 rings (SSSR count). The van der Waals surface area contributed by atoms with Gasteiger partial charge in [0.2, 0.25) is 0 Å². The van der Waals surface area contributed by atoms with E-state index in [0.717, 1.165) is 17.2 Å². The van der Waals surface area contributed by atoms with Crippen molar-refractivity contribution >= 4 is 11.4 Å². The van der Waals surface area contributed by atoms with Gasteiger partial charge in [-0.1, -0.05) is 0 Å². The molecule has 0 aliphatic carbocycles. The van der Waals surface area contributed by atoms with E-state index in [4.69, 9.17) is 5.73 Å². The number of rotatable bonds is 2. The number of nitrogens with two attached hydrogens (primary N) is 1. The third-order valence-corrected chi connectivity index (χ3v) is 2.23. The van der Waals surface area contributed by atoms with Crippen LogP contribution in [0, 0.1) is 13.8 Å². The Balaban J connectivity index is 2.65. The molecule has 0 aromatic carbocycles. The van der Waals surface area contributed by atoms with Gasteiger partial charge in [0.05, 0.1) is 6.54 Å². The summed E-state index contributed by atoms with van der Waals surface area (Å²) in [7, 11) is 0. The molecule has 0 amide bonds. The fraction of sp³-hybridized carbons (Fsp3) is 0.300. The van der Waals surface area contributed by atoms with Crippen molar-refractivity contribution in [1.82, 2.24) is 14.4 Å². The average Bonchev–Trinajstić information content (AvgIpc) is 2.60. The molecule has 0 bridgehead atoms. The predicted molar refractivity (Wildman–Crippen MR) is 55.8 cm³/mol. The Kier molecular flexibility index (Phi) is 2.24. The Morgan fingerprint density at radius 1 is 1.47 bits per heavy atom. The van der Waals surface area contributed by atoms with Gasteiger partial charge in [0.1, 0.15) is 17.2 Å². The number of carbonyl (C=O) groups is 1. The molecule has 78 valence electrons. The van der Waals surface area contributed by atoms with Crippen molar-refractivity contribution in [2.45, 2.75) is 13.8 Å². The van der Waals surface area contributed by atoms with Gasteiger partial charge in [-0.05, 0) is 13.8 Å². The maximum atomic E-state index is 11.4. The number of nitrogens with zero attached hydrogens (tertiary/aromatic N) is 3. The SMILES string of the molecule is Cc1cc2nc(C(=O)CN)cn2c(C)n1. The lowest BCUT2D eigenvalue weighted by molar-refractivity contribution is 0.0997. The molecule has 0 radical (unpaired) electrons. The van der Waals surface area contributed by atoms with Crippen LogP contribution in [0.1, 0.15) is 22.0 Å². The summed E-state index contributed by atoms with van der Waals surface area (Å²) >= 11 is 0. The first-order valence-corrected chi connectivity index (χ1v) is 4.68. The monoisotopic (exact) mass is 204 g/mol. The van der Waals surface area contributed by atoms with Gasteiger partial charge in [-0.25, -0.2) is 9.97 Å². The van der Waals surface area contributed by atoms with Gasteiger partial charge in [0.15, 0.2) is 5.78 Å². The predicted octanol–water partition coefficient (Wildman–Crippen LogP) is 0.488. The number of hydrogen-bond acceptors (Lipinski definition) is 4. The van der Waals surface area contributed by atoms with Crippen molar-refractivity contribution in [3.8, 4) is 0 Å². The highest BCUT2D eigenvalue weighted by atomic mass is 16.1. The summed E-state index contributed by atoms with van der Waals surface area (Å²) in [5, 5.41) is 0. The topological polar surface area (TPSA) is 73.3 Å². The number of ketones is 1. The minimum Gasteiger partial charge on any atom is -0.324 e. The summed E-state index contributed by atoms with van der Waals surface area (Å²) in [6.45, 7) is 3.75. The molecule has 0 saturated carbocycles. The molecule has 2 aromatic heterocycles.